The van der Waals surface area contributed by atoms with E-state index in [4.69, 9.17) is 0 Å². The monoisotopic (exact) mass is 220 g/mol. The van der Waals surface area contributed by atoms with Crippen LogP contribution in [-0.2, 0) is 0 Å². The zero-order valence-corrected chi connectivity index (χ0v) is 9.68. The predicted molar refractivity (Wildman–Crippen MR) is 64.0 cm³/mol. The molecule has 0 radical (unpaired) electrons. The van der Waals surface area contributed by atoms with E-state index in [1.165, 1.54) is 25.0 Å². The highest BCUT2D eigenvalue weighted by Crippen LogP contribution is 2.29. The van der Waals surface area contributed by atoms with Gasteiger partial charge in [-0.2, -0.15) is 0 Å². The Morgan fingerprint density at radius 2 is 2.19 bits per heavy atom. The predicted octanol–water partition coefficient (Wildman–Crippen LogP) is 0.971. The average molecular weight is 220 g/mol. The zero-order chi connectivity index (χ0) is 11.0. The summed E-state index contributed by atoms with van der Waals surface area (Å²) in [6.45, 7) is 3.76. The molecule has 0 spiro atoms. The van der Waals surface area contributed by atoms with Crippen molar-refractivity contribution >= 4 is 0 Å². The summed E-state index contributed by atoms with van der Waals surface area (Å²) in [5, 5.41) is 10.0. The molecule has 88 valence electrons. The second-order valence-corrected chi connectivity index (χ2v) is 5.09. The minimum Gasteiger partial charge on any atom is -0.390 e. The van der Waals surface area contributed by atoms with Crippen LogP contribution in [0.3, 0.4) is 0 Å². The number of aliphatic hydroxyl groups excluding tert-OH is 1. The number of nitrogens with zero attached hydrogens (tertiary/aromatic N) is 2. The summed E-state index contributed by atoms with van der Waals surface area (Å²) in [4.78, 5) is 4.82. The smallest absolute Gasteiger partial charge is 0.0841 e. The first-order chi connectivity index (χ1) is 7.84. The van der Waals surface area contributed by atoms with E-state index in [9.17, 15) is 5.11 Å². The van der Waals surface area contributed by atoms with E-state index in [2.05, 4.69) is 28.0 Å². The molecule has 16 heavy (non-hydrogen) atoms. The Balaban J connectivity index is 1.90. The van der Waals surface area contributed by atoms with Crippen molar-refractivity contribution in [2.45, 2.75) is 31.4 Å². The molecule has 2 saturated heterocycles. The lowest BCUT2D eigenvalue weighted by atomic mass is 9.98. The molecule has 0 saturated carbocycles. The molecule has 0 aliphatic carbocycles. The molecule has 0 amide bonds. The molecular weight excluding hydrogens is 200 g/mol. The van der Waals surface area contributed by atoms with Crippen LogP contribution in [0.4, 0.5) is 0 Å². The number of fused-ring (bicyclic) bond motifs is 3. The quantitative estimate of drug-likeness (QED) is 0.659. The summed E-state index contributed by atoms with van der Waals surface area (Å²) < 4.78 is 0. The number of allylic oxidation sites excluding steroid dienone is 2. The lowest BCUT2D eigenvalue weighted by Gasteiger charge is -2.38. The van der Waals surface area contributed by atoms with Gasteiger partial charge in [0, 0.05) is 31.4 Å². The number of rotatable bonds is 0. The van der Waals surface area contributed by atoms with E-state index in [1.54, 1.807) is 0 Å². The molecule has 3 aliphatic heterocycles. The fourth-order valence-corrected chi connectivity index (χ4v) is 3.19. The minimum atomic E-state index is -0.196. The highest BCUT2D eigenvalue weighted by Gasteiger charge is 2.33. The molecule has 3 aliphatic rings. The van der Waals surface area contributed by atoms with Crippen LogP contribution in [0.1, 0.15) is 19.3 Å². The molecule has 3 rings (SSSR count). The maximum atomic E-state index is 10.0. The average Bonchev–Trinajstić information content (AvgIpc) is 2.44. The van der Waals surface area contributed by atoms with Crippen molar-refractivity contribution in [1.82, 2.24) is 9.80 Å². The molecule has 2 unspecified atom stereocenters. The molecule has 3 heterocycles. The van der Waals surface area contributed by atoms with Gasteiger partial charge in [0.25, 0.3) is 0 Å². The number of aliphatic hydroxyl groups is 1. The van der Waals surface area contributed by atoms with Crippen LogP contribution in [0.2, 0.25) is 0 Å². The summed E-state index contributed by atoms with van der Waals surface area (Å²) in [7, 11) is 0. The summed E-state index contributed by atoms with van der Waals surface area (Å²) in [6, 6.07) is 0.552. The zero-order valence-electron chi connectivity index (χ0n) is 9.68. The van der Waals surface area contributed by atoms with E-state index in [0.29, 0.717) is 6.04 Å². The second kappa shape index (κ2) is 4.22. The molecule has 3 heteroatoms. The van der Waals surface area contributed by atoms with Crippen LogP contribution in [-0.4, -0.2) is 53.2 Å². The summed E-state index contributed by atoms with van der Waals surface area (Å²) in [5.41, 5.74) is 1.43. The van der Waals surface area contributed by atoms with Gasteiger partial charge in [-0.15, -0.1) is 0 Å². The normalized spacial score (nSPS) is 35.1. The number of hydrogen-bond donors (Lipinski definition) is 1. The molecule has 3 nitrogen and oxygen atoms in total. The first-order valence-electron chi connectivity index (χ1n) is 6.38. The fraction of sp³-hybridized carbons (Fsp3) is 0.692. The van der Waals surface area contributed by atoms with Gasteiger partial charge in [0.1, 0.15) is 0 Å². The third kappa shape index (κ3) is 1.78. The lowest BCUT2D eigenvalue weighted by molar-refractivity contribution is 0.0917. The van der Waals surface area contributed by atoms with Crippen molar-refractivity contribution in [3.63, 3.8) is 0 Å². The van der Waals surface area contributed by atoms with Crippen molar-refractivity contribution in [2.75, 3.05) is 26.2 Å². The number of piperidine rings is 1. The Hall–Kier alpha value is -0.800. The van der Waals surface area contributed by atoms with Gasteiger partial charge in [-0.25, -0.2) is 0 Å². The van der Waals surface area contributed by atoms with Crippen LogP contribution in [0.5, 0.6) is 0 Å². The van der Waals surface area contributed by atoms with Gasteiger partial charge < -0.3 is 10.0 Å². The Morgan fingerprint density at radius 1 is 1.25 bits per heavy atom. The fourth-order valence-electron chi connectivity index (χ4n) is 3.19. The minimum absolute atomic E-state index is 0.196. The van der Waals surface area contributed by atoms with Gasteiger partial charge in [0.05, 0.1) is 6.10 Å². The Kier molecular flexibility index (Phi) is 2.74. The van der Waals surface area contributed by atoms with Crippen LogP contribution < -0.4 is 0 Å². The van der Waals surface area contributed by atoms with Crippen molar-refractivity contribution in [2.24, 2.45) is 0 Å². The van der Waals surface area contributed by atoms with E-state index >= 15 is 0 Å². The highest BCUT2D eigenvalue weighted by molar-refractivity contribution is 5.24. The third-order valence-electron chi connectivity index (χ3n) is 3.93. The molecule has 0 bridgehead atoms. The summed E-state index contributed by atoms with van der Waals surface area (Å²) >= 11 is 0. The maximum absolute atomic E-state index is 10.0. The van der Waals surface area contributed by atoms with Crippen molar-refractivity contribution in [3.05, 3.63) is 23.9 Å². The van der Waals surface area contributed by atoms with Gasteiger partial charge in [-0.1, -0.05) is 18.6 Å². The standard InChI is InChI=1S/C13H20N2O/c16-11-9-14-7-3-1-5-12(14)13-6-2-4-8-15(13)10-11/h1,3,5,11,13,16H,2,4,6-10H2. The summed E-state index contributed by atoms with van der Waals surface area (Å²) in [6.07, 6.45) is 10.2. The lowest BCUT2D eigenvalue weighted by Crippen LogP contribution is -2.43. The SMILES string of the molecule is OC1CN2CC=CC=C2C2CCCCN2C1. The molecule has 0 aromatic heterocycles. The topological polar surface area (TPSA) is 26.7 Å². The number of hydrogen-bond acceptors (Lipinski definition) is 3. The van der Waals surface area contributed by atoms with Crippen molar-refractivity contribution in [1.29, 1.82) is 0 Å². The first-order valence-corrected chi connectivity index (χ1v) is 6.38. The Labute approximate surface area is 97.0 Å². The summed E-state index contributed by atoms with van der Waals surface area (Å²) in [5.74, 6) is 0. The largest absolute Gasteiger partial charge is 0.390 e. The van der Waals surface area contributed by atoms with E-state index in [0.717, 1.165) is 26.2 Å². The molecule has 0 aromatic carbocycles. The van der Waals surface area contributed by atoms with E-state index < -0.39 is 0 Å². The molecule has 2 fully saturated rings. The van der Waals surface area contributed by atoms with Crippen molar-refractivity contribution < 1.29 is 5.11 Å². The van der Waals surface area contributed by atoms with Crippen LogP contribution in [0, 0.1) is 0 Å². The first kappa shape index (κ1) is 10.4. The van der Waals surface area contributed by atoms with Gasteiger partial charge in [0.15, 0.2) is 0 Å². The van der Waals surface area contributed by atoms with Crippen molar-refractivity contribution in [3.8, 4) is 0 Å². The van der Waals surface area contributed by atoms with E-state index in [1.807, 2.05) is 0 Å². The van der Waals surface area contributed by atoms with Gasteiger partial charge in [-0.05, 0) is 25.5 Å². The maximum Gasteiger partial charge on any atom is 0.0841 e. The highest BCUT2D eigenvalue weighted by atomic mass is 16.3. The van der Waals surface area contributed by atoms with Crippen LogP contribution in [0.15, 0.2) is 23.9 Å². The third-order valence-corrected chi connectivity index (χ3v) is 3.93. The van der Waals surface area contributed by atoms with E-state index in [-0.39, 0.29) is 6.10 Å². The molecule has 2 atom stereocenters. The second-order valence-electron chi connectivity index (χ2n) is 5.09. The Bertz CT molecular complexity index is 324. The van der Waals surface area contributed by atoms with Gasteiger partial charge in [-0.3, -0.25) is 4.90 Å². The van der Waals surface area contributed by atoms with Gasteiger partial charge in [0.2, 0.25) is 0 Å². The van der Waals surface area contributed by atoms with Crippen LogP contribution >= 0.6 is 0 Å². The molecule has 0 aromatic rings. The van der Waals surface area contributed by atoms with Crippen LogP contribution in [0.25, 0.3) is 0 Å². The Morgan fingerprint density at radius 3 is 3.12 bits per heavy atom. The van der Waals surface area contributed by atoms with Gasteiger partial charge >= 0.3 is 0 Å². The molecule has 1 N–H and O–H groups in total. The molecular formula is C13H20N2O.